The molecule has 23 heavy (non-hydrogen) atoms. The van der Waals surface area contributed by atoms with E-state index in [0.29, 0.717) is 11.2 Å². The maximum Gasteiger partial charge on any atom is 0.167 e. The van der Waals surface area contributed by atoms with Gasteiger partial charge in [-0.3, -0.25) is 4.57 Å². The van der Waals surface area contributed by atoms with Gasteiger partial charge in [0, 0.05) is 0 Å². The molecular formula is C13H16BN5O4. The van der Waals surface area contributed by atoms with Crippen molar-refractivity contribution in [3.63, 3.8) is 0 Å². The minimum Gasteiger partial charge on any atom is -0.394 e. The summed E-state index contributed by atoms with van der Waals surface area (Å²) < 4.78 is 19.3. The van der Waals surface area contributed by atoms with Crippen molar-refractivity contribution >= 4 is 30.6 Å². The quantitative estimate of drug-likeness (QED) is 0.650. The second kappa shape index (κ2) is 4.87. The highest BCUT2D eigenvalue weighted by Gasteiger charge is 2.56. The van der Waals surface area contributed by atoms with Crippen LogP contribution >= 0.6 is 0 Å². The van der Waals surface area contributed by atoms with Crippen molar-refractivity contribution in [1.29, 1.82) is 0 Å². The molecule has 0 amide bonds. The number of aliphatic hydroxyl groups is 1. The standard InChI is InChI=1S/C13H16BN5O4/c1-13(2)22-7-5(3-20)21-11(8(7)23-13)19-10-6(18-12(19)14)9(15)16-4-17-10/h4-5,7-8,11,20H,3H2,1-2H3,(H2,15,16,17)/t5-,7?,8+,11-/m0/s1. The summed E-state index contributed by atoms with van der Waals surface area (Å²) in [6.45, 7) is 3.43. The molecule has 4 atom stereocenters. The molecule has 120 valence electrons. The highest BCUT2D eigenvalue weighted by Crippen LogP contribution is 2.43. The van der Waals surface area contributed by atoms with E-state index in [2.05, 4.69) is 15.0 Å². The molecule has 2 aromatic rings. The fourth-order valence-corrected chi connectivity index (χ4v) is 3.21. The van der Waals surface area contributed by atoms with E-state index in [1.165, 1.54) is 6.33 Å². The van der Waals surface area contributed by atoms with Gasteiger partial charge >= 0.3 is 0 Å². The smallest absolute Gasteiger partial charge is 0.167 e. The van der Waals surface area contributed by atoms with Crippen LogP contribution in [0.4, 0.5) is 5.82 Å². The Morgan fingerprint density at radius 2 is 2.09 bits per heavy atom. The van der Waals surface area contributed by atoms with E-state index in [1.807, 2.05) is 13.8 Å². The topological polar surface area (TPSA) is 118 Å². The van der Waals surface area contributed by atoms with Gasteiger partial charge in [0.05, 0.1) is 12.3 Å². The molecule has 2 fully saturated rings. The zero-order valence-electron chi connectivity index (χ0n) is 12.7. The van der Waals surface area contributed by atoms with Crippen LogP contribution in [0, 0.1) is 0 Å². The minimum absolute atomic E-state index is 0.183. The van der Waals surface area contributed by atoms with Gasteiger partial charge in [0.1, 0.15) is 30.2 Å². The zero-order chi connectivity index (χ0) is 16.4. The third kappa shape index (κ3) is 2.13. The fourth-order valence-electron chi connectivity index (χ4n) is 3.21. The van der Waals surface area contributed by atoms with Gasteiger partial charge in [-0.15, -0.1) is 0 Å². The summed E-state index contributed by atoms with van der Waals surface area (Å²) >= 11 is 0. The Labute approximate surface area is 133 Å². The first-order valence-electron chi connectivity index (χ1n) is 7.27. The maximum absolute atomic E-state index is 9.56. The molecule has 2 aromatic heterocycles. The zero-order valence-corrected chi connectivity index (χ0v) is 12.7. The lowest BCUT2D eigenvalue weighted by Crippen LogP contribution is -2.33. The molecule has 2 aliphatic rings. The van der Waals surface area contributed by atoms with E-state index in [9.17, 15) is 5.11 Å². The van der Waals surface area contributed by atoms with E-state index in [1.54, 1.807) is 4.57 Å². The summed E-state index contributed by atoms with van der Waals surface area (Å²) in [7, 11) is 6.03. The van der Waals surface area contributed by atoms with Crippen LogP contribution in [0.5, 0.6) is 0 Å². The number of hydrogen-bond donors (Lipinski definition) is 2. The number of aliphatic hydroxyl groups excluding tert-OH is 1. The van der Waals surface area contributed by atoms with Gasteiger partial charge in [-0.1, -0.05) is 0 Å². The number of aromatic nitrogens is 4. The van der Waals surface area contributed by atoms with E-state index in [-0.39, 0.29) is 18.1 Å². The molecule has 0 bridgehead atoms. The van der Waals surface area contributed by atoms with Crippen LogP contribution in [-0.4, -0.2) is 63.2 Å². The molecule has 0 aliphatic carbocycles. The molecule has 2 saturated heterocycles. The SMILES string of the molecule is [B]c1nc2c(N)ncnc2n1[C@H]1O[C@@H](CO)C2OC(C)(C)O[C@H]21. The molecule has 0 spiro atoms. The lowest BCUT2D eigenvalue weighted by molar-refractivity contribution is -0.199. The molecule has 10 heteroatoms. The van der Waals surface area contributed by atoms with E-state index in [4.69, 9.17) is 27.8 Å². The Morgan fingerprint density at radius 1 is 1.35 bits per heavy atom. The van der Waals surface area contributed by atoms with Gasteiger partial charge in [0.2, 0.25) is 0 Å². The third-order valence-corrected chi connectivity index (χ3v) is 4.09. The van der Waals surface area contributed by atoms with Gasteiger partial charge in [0.25, 0.3) is 0 Å². The van der Waals surface area contributed by atoms with Crippen LogP contribution in [0.25, 0.3) is 11.2 Å². The van der Waals surface area contributed by atoms with Crippen LogP contribution in [0.1, 0.15) is 20.1 Å². The maximum atomic E-state index is 9.56. The molecule has 1 unspecified atom stereocenters. The molecular weight excluding hydrogens is 301 g/mol. The Hall–Kier alpha value is -1.75. The van der Waals surface area contributed by atoms with Gasteiger partial charge in [0.15, 0.2) is 31.3 Å². The van der Waals surface area contributed by atoms with Crippen molar-refractivity contribution < 1.29 is 19.3 Å². The Morgan fingerprint density at radius 3 is 2.83 bits per heavy atom. The van der Waals surface area contributed by atoms with Gasteiger partial charge in [-0.2, -0.15) is 0 Å². The number of anilines is 1. The Kier molecular flexibility index (Phi) is 3.14. The lowest BCUT2D eigenvalue weighted by Gasteiger charge is -2.25. The molecule has 0 aromatic carbocycles. The highest BCUT2D eigenvalue weighted by molar-refractivity contribution is 6.30. The largest absolute Gasteiger partial charge is 0.394 e. The van der Waals surface area contributed by atoms with Gasteiger partial charge in [-0.25, -0.2) is 15.0 Å². The van der Waals surface area contributed by atoms with Crippen molar-refractivity contribution in [2.75, 3.05) is 12.3 Å². The van der Waals surface area contributed by atoms with Gasteiger partial charge < -0.3 is 25.1 Å². The average Bonchev–Trinajstić information content (AvgIpc) is 3.08. The summed E-state index contributed by atoms with van der Waals surface area (Å²) in [6, 6.07) is 0. The first kappa shape index (κ1) is 14.8. The summed E-state index contributed by atoms with van der Waals surface area (Å²) in [5.41, 5.74) is 6.85. The number of nitrogens with two attached hydrogens (primary N) is 1. The molecule has 9 nitrogen and oxygen atoms in total. The van der Waals surface area contributed by atoms with Crippen molar-refractivity contribution in [3.05, 3.63) is 6.33 Å². The van der Waals surface area contributed by atoms with Crippen LogP contribution in [0.2, 0.25) is 0 Å². The first-order valence-corrected chi connectivity index (χ1v) is 7.27. The van der Waals surface area contributed by atoms with Crippen molar-refractivity contribution in [3.8, 4) is 0 Å². The second-order valence-corrected chi connectivity index (χ2v) is 6.08. The predicted molar refractivity (Wildman–Crippen MR) is 79.9 cm³/mol. The lowest BCUT2D eigenvalue weighted by atomic mass is 10.1. The van der Waals surface area contributed by atoms with E-state index < -0.39 is 30.3 Å². The molecule has 0 saturated carbocycles. The van der Waals surface area contributed by atoms with Crippen LogP contribution < -0.4 is 11.5 Å². The number of nitrogens with zero attached hydrogens (tertiary/aromatic N) is 4. The number of nitrogen functional groups attached to an aromatic ring is 1. The summed E-state index contributed by atoms with van der Waals surface area (Å²) in [6.07, 6.45) is -0.670. The molecule has 2 aliphatic heterocycles. The van der Waals surface area contributed by atoms with Gasteiger partial charge in [-0.05, 0) is 13.8 Å². The minimum atomic E-state index is -0.774. The highest BCUT2D eigenvalue weighted by atomic mass is 16.8. The normalized spacial score (nSPS) is 32.5. The van der Waals surface area contributed by atoms with Crippen molar-refractivity contribution in [2.24, 2.45) is 0 Å². The summed E-state index contributed by atoms with van der Waals surface area (Å²) in [5.74, 6) is -0.540. The van der Waals surface area contributed by atoms with E-state index in [0.717, 1.165) is 0 Å². The van der Waals surface area contributed by atoms with Crippen molar-refractivity contribution in [1.82, 2.24) is 19.5 Å². The Balaban J connectivity index is 1.82. The number of fused-ring (bicyclic) bond motifs is 2. The number of ether oxygens (including phenoxy) is 3. The number of rotatable bonds is 2. The summed E-state index contributed by atoms with van der Waals surface area (Å²) in [5, 5.41) is 9.56. The number of hydrogen-bond acceptors (Lipinski definition) is 8. The fraction of sp³-hybridized carbons (Fsp3) is 0.615. The number of imidazole rings is 1. The first-order chi connectivity index (χ1) is 10.9. The average molecular weight is 317 g/mol. The van der Waals surface area contributed by atoms with E-state index >= 15 is 0 Å². The third-order valence-electron chi connectivity index (χ3n) is 4.09. The second-order valence-electron chi connectivity index (χ2n) is 6.08. The molecule has 4 heterocycles. The predicted octanol–water partition coefficient (Wildman–Crippen LogP) is -1.39. The molecule has 2 radical (unpaired) electrons. The Bertz CT molecular complexity index is 766. The van der Waals surface area contributed by atoms with Crippen molar-refractivity contribution in [2.45, 2.75) is 44.2 Å². The molecule has 3 N–H and O–H groups in total. The van der Waals surface area contributed by atoms with Crippen LogP contribution in [0.3, 0.4) is 0 Å². The van der Waals surface area contributed by atoms with Crippen LogP contribution in [0.15, 0.2) is 6.33 Å². The molecule has 4 rings (SSSR count). The van der Waals surface area contributed by atoms with Crippen LogP contribution in [-0.2, 0) is 14.2 Å². The monoisotopic (exact) mass is 317 g/mol. The summed E-state index contributed by atoms with van der Waals surface area (Å²) in [4.78, 5) is 12.3.